The first kappa shape index (κ1) is 20.3. The maximum absolute atomic E-state index is 12.0. The molecular weight excluding hydrogens is 372 g/mol. The molecule has 1 heterocycles. The lowest BCUT2D eigenvalue weighted by molar-refractivity contribution is -0.306. The summed E-state index contributed by atoms with van der Waals surface area (Å²) in [5.74, 6) is 0.655. The van der Waals surface area contributed by atoms with Crippen molar-refractivity contribution in [3.8, 4) is 0 Å². The van der Waals surface area contributed by atoms with Crippen LogP contribution in [-0.4, -0.2) is 5.24 Å². The van der Waals surface area contributed by atoms with Crippen LogP contribution >= 0.6 is 11.6 Å². The van der Waals surface area contributed by atoms with Gasteiger partial charge in [-0.3, -0.25) is 4.79 Å². The lowest BCUT2D eigenvalue weighted by Gasteiger charge is -2.17. The lowest BCUT2D eigenvalue weighted by Crippen LogP contribution is -2.17. The summed E-state index contributed by atoms with van der Waals surface area (Å²) >= 11 is 5.30. The molecule has 0 aliphatic heterocycles. The monoisotopic (exact) mass is 396 g/mol. The van der Waals surface area contributed by atoms with E-state index in [1.165, 1.54) is 0 Å². The Morgan fingerprint density at radius 1 is 1.18 bits per heavy atom. The molecule has 3 rings (SSSR count). The molecule has 146 valence electrons. The van der Waals surface area contributed by atoms with Gasteiger partial charge in [-0.25, -0.2) is 4.42 Å². The summed E-state index contributed by atoms with van der Waals surface area (Å²) in [6, 6.07) is 14.3. The van der Waals surface area contributed by atoms with Gasteiger partial charge in [-0.15, -0.1) is 5.76 Å². The van der Waals surface area contributed by atoms with Crippen molar-refractivity contribution in [2.75, 3.05) is 0 Å². The highest BCUT2D eigenvalue weighted by atomic mass is 35.5. The van der Waals surface area contributed by atoms with E-state index in [0.29, 0.717) is 6.42 Å². The number of rotatable bonds is 7. The van der Waals surface area contributed by atoms with E-state index in [1.54, 1.807) is 0 Å². The van der Waals surface area contributed by atoms with Crippen molar-refractivity contribution in [1.29, 1.82) is 0 Å². The normalized spacial score (nSPS) is 12.6. The smallest absolute Gasteiger partial charge is 0.368 e. The first-order chi connectivity index (χ1) is 13.3. The van der Waals surface area contributed by atoms with Crippen LogP contribution in [0, 0.1) is 0 Å². The van der Waals surface area contributed by atoms with Crippen molar-refractivity contribution in [3.05, 3.63) is 65.6 Å². The predicted octanol–water partition coefficient (Wildman–Crippen LogP) is 5.89. The number of carbonyl (C=O) groups excluding carboxylic acids is 1. The molecule has 0 aliphatic rings. The van der Waals surface area contributed by atoms with Gasteiger partial charge in [0.05, 0.1) is 16.2 Å². The third-order valence-corrected chi connectivity index (χ3v) is 5.31. The molecule has 2 aromatic carbocycles. The highest BCUT2D eigenvalue weighted by Crippen LogP contribution is 2.36. The molecule has 0 radical (unpaired) electrons. The van der Waals surface area contributed by atoms with E-state index >= 15 is 0 Å². The van der Waals surface area contributed by atoms with Gasteiger partial charge >= 0.3 is 11.3 Å². The summed E-state index contributed by atoms with van der Waals surface area (Å²) in [4.78, 5) is 11.0. The number of carbonyl (C=O) groups is 1. The maximum atomic E-state index is 12.0. The third kappa shape index (κ3) is 4.36. The fraction of sp³-hybridized carbons (Fsp3) is 0.333. The number of fused-ring (bicyclic) bond motifs is 3. The SMILES string of the molecule is CCCC(C)(C)c1cc(CCC([O-])=CC(=O)Cl)c2ccc3ccccc3c2[o+]1. The molecule has 0 N–H and O–H groups in total. The number of hydrogen-bond acceptors (Lipinski definition) is 2. The van der Waals surface area contributed by atoms with Gasteiger partial charge in [0, 0.05) is 6.07 Å². The zero-order chi connectivity index (χ0) is 20.3. The molecule has 28 heavy (non-hydrogen) atoms. The average Bonchev–Trinajstić information content (AvgIpc) is 2.65. The van der Waals surface area contributed by atoms with Gasteiger partial charge in [-0.1, -0.05) is 37.6 Å². The molecule has 0 aliphatic carbocycles. The summed E-state index contributed by atoms with van der Waals surface area (Å²) in [6.45, 7) is 6.53. The molecule has 0 unspecified atom stereocenters. The topological polar surface area (TPSA) is 51.4 Å². The molecule has 0 bridgehead atoms. The minimum absolute atomic E-state index is 0.114. The Morgan fingerprint density at radius 3 is 2.64 bits per heavy atom. The number of aryl methyl sites for hydroxylation is 1. The summed E-state index contributed by atoms with van der Waals surface area (Å²) < 4.78 is 6.44. The Balaban J connectivity index is 2.17. The number of halogens is 1. The molecule has 3 nitrogen and oxygen atoms in total. The fourth-order valence-corrected chi connectivity index (χ4v) is 3.85. The van der Waals surface area contributed by atoms with Crippen LogP contribution in [0.3, 0.4) is 0 Å². The van der Waals surface area contributed by atoms with E-state index in [9.17, 15) is 9.90 Å². The second kappa shape index (κ2) is 8.32. The first-order valence-corrected chi connectivity index (χ1v) is 10.0. The molecular formula is C24H25ClO3. The summed E-state index contributed by atoms with van der Waals surface area (Å²) in [7, 11) is 0. The summed E-state index contributed by atoms with van der Waals surface area (Å²) in [6.07, 6.45) is 3.77. The fourth-order valence-electron chi connectivity index (χ4n) is 3.73. The van der Waals surface area contributed by atoms with Crippen LogP contribution < -0.4 is 5.11 Å². The molecule has 0 fully saturated rings. The molecule has 0 amide bonds. The van der Waals surface area contributed by atoms with Gasteiger partial charge in [-0.05, 0) is 73.9 Å². The van der Waals surface area contributed by atoms with Crippen molar-refractivity contribution in [1.82, 2.24) is 0 Å². The predicted molar refractivity (Wildman–Crippen MR) is 113 cm³/mol. The highest BCUT2D eigenvalue weighted by Gasteiger charge is 2.33. The van der Waals surface area contributed by atoms with Crippen molar-refractivity contribution < 1.29 is 14.3 Å². The highest BCUT2D eigenvalue weighted by molar-refractivity contribution is 6.66. The molecule has 3 aromatic rings. The van der Waals surface area contributed by atoms with E-state index in [-0.39, 0.29) is 17.6 Å². The van der Waals surface area contributed by atoms with E-state index < -0.39 is 5.24 Å². The Morgan fingerprint density at radius 2 is 1.93 bits per heavy atom. The average molecular weight is 397 g/mol. The zero-order valence-electron chi connectivity index (χ0n) is 16.5. The van der Waals surface area contributed by atoms with Crippen molar-refractivity contribution in [2.24, 2.45) is 0 Å². The second-order valence-electron chi connectivity index (χ2n) is 7.85. The van der Waals surface area contributed by atoms with Crippen molar-refractivity contribution in [3.63, 3.8) is 0 Å². The van der Waals surface area contributed by atoms with Gasteiger partial charge in [-0.2, -0.15) is 0 Å². The Hall–Kier alpha value is -2.39. The Kier molecular flexibility index (Phi) is 6.04. The van der Waals surface area contributed by atoms with Gasteiger partial charge in [0.2, 0.25) is 5.24 Å². The molecule has 0 spiro atoms. The third-order valence-electron chi connectivity index (χ3n) is 5.20. The van der Waals surface area contributed by atoms with Crippen LogP contribution in [0.5, 0.6) is 0 Å². The minimum atomic E-state index is -0.728. The second-order valence-corrected chi connectivity index (χ2v) is 8.22. The first-order valence-electron chi connectivity index (χ1n) is 9.67. The number of hydrogen-bond donors (Lipinski definition) is 0. The number of allylic oxidation sites excluding steroid dienone is 2. The van der Waals surface area contributed by atoms with Crippen LogP contribution in [0.4, 0.5) is 0 Å². The maximum Gasteiger partial charge on any atom is 0.368 e. The largest absolute Gasteiger partial charge is 0.875 e. The van der Waals surface area contributed by atoms with Crippen LogP contribution in [0.1, 0.15) is 51.4 Å². The van der Waals surface area contributed by atoms with Gasteiger partial charge in [0.15, 0.2) is 0 Å². The summed E-state index contributed by atoms with van der Waals surface area (Å²) in [5, 5.41) is 14.4. The summed E-state index contributed by atoms with van der Waals surface area (Å²) in [5.41, 5.74) is 1.78. The van der Waals surface area contributed by atoms with Crippen LogP contribution in [-0.2, 0) is 16.6 Å². The minimum Gasteiger partial charge on any atom is -0.875 e. The van der Waals surface area contributed by atoms with Gasteiger partial charge in [0.25, 0.3) is 0 Å². The van der Waals surface area contributed by atoms with E-state index in [4.69, 9.17) is 16.0 Å². The van der Waals surface area contributed by atoms with Crippen LogP contribution in [0.2, 0.25) is 0 Å². The molecule has 1 aromatic heterocycles. The standard InChI is InChI=1S/C24H25ClO3/c1-4-13-24(2,3)21-14-17(9-11-18(26)15-22(25)27)20-12-10-16-7-5-6-8-19(16)23(20)28-21/h5-8,10,12,14-15H,4,9,11,13H2,1-3H3. The van der Waals surface area contributed by atoms with Crippen LogP contribution in [0.25, 0.3) is 21.7 Å². The molecule has 4 heteroatoms. The Labute approximate surface area is 170 Å². The van der Waals surface area contributed by atoms with E-state index in [2.05, 4.69) is 45.0 Å². The van der Waals surface area contributed by atoms with Gasteiger partial charge < -0.3 is 5.11 Å². The number of benzene rings is 2. The molecule has 0 atom stereocenters. The van der Waals surface area contributed by atoms with Crippen molar-refractivity contribution >= 4 is 38.6 Å². The zero-order valence-corrected chi connectivity index (χ0v) is 17.3. The molecule has 0 saturated carbocycles. The Bertz CT molecular complexity index is 1050. The van der Waals surface area contributed by atoms with E-state index in [1.807, 2.05) is 18.2 Å². The molecule has 0 saturated heterocycles. The van der Waals surface area contributed by atoms with Gasteiger partial charge in [0.1, 0.15) is 0 Å². The van der Waals surface area contributed by atoms with Crippen molar-refractivity contribution in [2.45, 2.75) is 51.9 Å². The lowest BCUT2D eigenvalue weighted by atomic mass is 9.84. The van der Waals surface area contributed by atoms with E-state index in [0.717, 1.165) is 52.0 Å². The van der Waals surface area contributed by atoms with Crippen LogP contribution in [0.15, 0.2) is 58.7 Å². The quantitative estimate of drug-likeness (QED) is 0.164.